The number of unbranched alkanes of at least 4 members (excludes halogenated alkanes) is 1. The molecule has 3 heteroatoms. The van der Waals surface area contributed by atoms with Crippen molar-refractivity contribution in [2.45, 2.75) is 58.6 Å². The van der Waals surface area contributed by atoms with Crippen LogP contribution in [-0.2, 0) is 9.53 Å². The number of esters is 1. The summed E-state index contributed by atoms with van der Waals surface area (Å²) in [5, 5.41) is 0. The largest absolute Gasteiger partial charge is 0.462 e. The molecule has 0 saturated heterocycles. The molecule has 0 aliphatic rings. The molecule has 0 saturated carbocycles. The molecular weight excluding hydrogens is 166 g/mol. The Balaban J connectivity index is 4.03. The van der Waals surface area contributed by atoms with Crippen LogP contribution in [0.25, 0.3) is 0 Å². The van der Waals surface area contributed by atoms with Crippen molar-refractivity contribution >= 4 is 5.97 Å². The Labute approximate surface area is 80.6 Å². The van der Waals surface area contributed by atoms with Gasteiger partial charge in [-0.15, -0.1) is 0 Å². The Kier molecular flexibility index (Phi) is 4.99. The predicted octanol–water partition coefficient (Wildman–Crippen LogP) is 1.85. The van der Waals surface area contributed by atoms with E-state index in [1.165, 1.54) is 0 Å². The molecule has 0 rings (SSSR count). The molecule has 0 heterocycles. The Bertz CT molecular complexity index is 164. The molecule has 0 amide bonds. The van der Waals surface area contributed by atoms with E-state index < -0.39 is 5.54 Å². The van der Waals surface area contributed by atoms with Crippen LogP contribution in [0.3, 0.4) is 0 Å². The summed E-state index contributed by atoms with van der Waals surface area (Å²) in [6, 6.07) is 0. The quantitative estimate of drug-likeness (QED) is 0.668. The van der Waals surface area contributed by atoms with Crippen molar-refractivity contribution < 1.29 is 9.53 Å². The second-order valence-corrected chi connectivity index (χ2v) is 3.98. The zero-order valence-corrected chi connectivity index (χ0v) is 9.09. The topological polar surface area (TPSA) is 52.3 Å². The summed E-state index contributed by atoms with van der Waals surface area (Å²) < 4.78 is 5.05. The second-order valence-electron chi connectivity index (χ2n) is 3.98. The summed E-state index contributed by atoms with van der Waals surface area (Å²) in [5.74, 6) is -0.295. The minimum absolute atomic E-state index is 0.0861. The van der Waals surface area contributed by atoms with Crippen LogP contribution in [0.4, 0.5) is 0 Å². The van der Waals surface area contributed by atoms with Gasteiger partial charge in [0, 0.05) is 0 Å². The third-order valence-electron chi connectivity index (χ3n) is 1.86. The van der Waals surface area contributed by atoms with E-state index in [0.717, 1.165) is 12.8 Å². The van der Waals surface area contributed by atoms with Gasteiger partial charge in [0.15, 0.2) is 0 Å². The van der Waals surface area contributed by atoms with Crippen molar-refractivity contribution in [3.8, 4) is 0 Å². The van der Waals surface area contributed by atoms with Gasteiger partial charge in [0.2, 0.25) is 0 Å². The van der Waals surface area contributed by atoms with Gasteiger partial charge in [0.25, 0.3) is 0 Å². The lowest BCUT2D eigenvalue weighted by molar-refractivity contribution is -0.153. The van der Waals surface area contributed by atoms with Crippen LogP contribution >= 0.6 is 0 Å². The lowest BCUT2D eigenvalue weighted by Gasteiger charge is -2.23. The standard InChI is InChI=1S/C10H21NO2/c1-5-6-7-10(4,11)9(12)13-8(2)3/h8H,5-7,11H2,1-4H3/t10-/m1/s1. The lowest BCUT2D eigenvalue weighted by atomic mass is 9.96. The summed E-state index contributed by atoms with van der Waals surface area (Å²) >= 11 is 0. The molecule has 0 unspecified atom stereocenters. The van der Waals surface area contributed by atoms with Gasteiger partial charge in [-0.25, -0.2) is 0 Å². The Morgan fingerprint density at radius 1 is 1.54 bits per heavy atom. The van der Waals surface area contributed by atoms with Gasteiger partial charge >= 0.3 is 5.97 Å². The van der Waals surface area contributed by atoms with Gasteiger partial charge < -0.3 is 10.5 Å². The zero-order chi connectivity index (χ0) is 10.5. The van der Waals surface area contributed by atoms with Crippen molar-refractivity contribution in [3.63, 3.8) is 0 Å². The van der Waals surface area contributed by atoms with Gasteiger partial charge in [-0.1, -0.05) is 19.8 Å². The van der Waals surface area contributed by atoms with Crippen LogP contribution < -0.4 is 5.73 Å². The first-order valence-electron chi connectivity index (χ1n) is 4.90. The zero-order valence-electron chi connectivity index (χ0n) is 9.09. The Morgan fingerprint density at radius 2 is 2.08 bits per heavy atom. The molecular formula is C10H21NO2. The van der Waals surface area contributed by atoms with Gasteiger partial charge in [-0.3, -0.25) is 4.79 Å². The maximum absolute atomic E-state index is 11.4. The molecule has 0 fully saturated rings. The monoisotopic (exact) mass is 187 g/mol. The highest BCUT2D eigenvalue weighted by Crippen LogP contribution is 2.13. The summed E-state index contributed by atoms with van der Waals surface area (Å²) in [6.07, 6.45) is 2.61. The van der Waals surface area contributed by atoms with Crippen LogP contribution in [0.5, 0.6) is 0 Å². The first-order chi connectivity index (χ1) is 5.90. The number of hydrogen-bond acceptors (Lipinski definition) is 3. The van der Waals surface area contributed by atoms with E-state index >= 15 is 0 Å². The Hall–Kier alpha value is -0.570. The molecule has 13 heavy (non-hydrogen) atoms. The van der Waals surface area contributed by atoms with Crippen LogP contribution in [0.15, 0.2) is 0 Å². The summed E-state index contributed by atoms with van der Waals surface area (Å²) in [6.45, 7) is 7.46. The minimum atomic E-state index is -0.819. The number of ether oxygens (including phenoxy) is 1. The van der Waals surface area contributed by atoms with Crippen molar-refractivity contribution in [1.29, 1.82) is 0 Å². The molecule has 0 aromatic heterocycles. The minimum Gasteiger partial charge on any atom is -0.462 e. The fourth-order valence-corrected chi connectivity index (χ4v) is 0.995. The summed E-state index contributed by atoms with van der Waals surface area (Å²) in [4.78, 5) is 11.4. The molecule has 2 N–H and O–H groups in total. The average molecular weight is 187 g/mol. The van der Waals surface area contributed by atoms with Crippen LogP contribution in [0.2, 0.25) is 0 Å². The predicted molar refractivity (Wildman–Crippen MR) is 53.3 cm³/mol. The number of carbonyl (C=O) groups excluding carboxylic acids is 1. The molecule has 0 aromatic rings. The number of nitrogens with two attached hydrogens (primary N) is 1. The van der Waals surface area contributed by atoms with Crippen molar-refractivity contribution in [1.82, 2.24) is 0 Å². The van der Waals surface area contributed by atoms with Crippen molar-refractivity contribution in [2.24, 2.45) is 5.73 Å². The van der Waals surface area contributed by atoms with Crippen LogP contribution in [0, 0.1) is 0 Å². The SMILES string of the molecule is CCCC[C@@](C)(N)C(=O)OC(C)C. The van der Waals surface area contributed by atoms with E-state index in [1.54, 1.807) is 6.92 Å². The summed E-state index contributed by atoms with van der Waals surface area (Å²) in [7, 11) is 0. The first-order valence-corrected chi connectivity index (χ1v) is 4.90. The van der Waals surface area contributed by atoms with Crippen LogP contribution in [0.1, 0.15) is 47.0 Å². The molecule has 78 valence electrons. The molecule has 0 radical (unpaired) electrons. The fourth-order valence-electron chi connectivity index (χ4n) is 0.995. The normalized spacial score (nSPS) is 15.5. The summed E-state index contributed by atoms with van der Waals surface area (Å²) in [5.41, 5.74) is 5.00. The molecule has 1 atom stereocenters. The second kappa shape index (κ2) is 5.22. The molecule has 0 spiro atoms. The average Bonchev–Trinajstić information content (AvgIpc) is 1.99. The van der Waals surface area contributed by atoms with Crippen LogP contribution in [-0.4, -0.2) is 17.6 Å². The third-order valence-corrected chi connectivity index (χ3v) is 1.86. The first kappa shape index (κ1) is 12.4. The van der Waals surface area contributed by atoms with E-state index in [9.17, 15) is 4.79 Å². The fraction of sp³-hybridized carbons (Fsp3) is 0.900. The molecule has 0 aromatic carbocycles. The number of hydrogen-bond donors (Lipinski definition) is 1. The Morgan fingerprint density at radius 3 is 2.46 bits per heavy atom. The smallest absolute Gasteiger partial charge is 0.326 e. The van der Waals surface area contributed by atoms with Gasteiger partial charge in [-0.2, -0.15) is 0 Å². The molecule has 3 nitrogen and oxygen atoms in total. The highest BCUT2D eigenvalue weighted by atomic mass is 16.5. The molecule has 0 aliphatic heterocycles. The maximum Gasteiger partial charge on any atom is 0.326 e. The molecule has 0 bridgehead atoms. The van der Waals surface area contributed by atoms with Gasteiger partial charge in [0.05, 0.1) is 6.10 Å². The van der Waals surface area contributed by atoms with E-state index in [2.05, 4.69) is 6.92 Å². The van der Waals surface area contributed by atoms with Gasteiger partial charge in [-0.05, 0) is 27.2 Å². The highest BCUT2D eigenvalue weighted by molar-refractivity contribution is 5.80. The van der Waals surface area contributed by atoms with E-state index in [4.69, 9.17) is 10.5 Å². The van der Waals surface area contributed by atoms with Crippen molar-refractivity contribution in [2.75, 3.05) is 0 Å². The molecule has 0 aliphatic carbocycles. The number of carbonyl (C=O) groups is 1. The van der Waals surface area contributed by atoms with E-state index in [0.29, 0.717) is 6.42 Å². The van der Waals surface area contributed by atoms with Crippen molar-refractivity contribution in [3.05, 3.63) is 0 Å². The number of rotatable bonds is 5. The maximum atomic E-state index is 11.4. The van der Waals surface area contributed by atoms with E-state index in [1.807, 2.05) is 13.8 Å². The highest BCUT2D eigenvalue weighted by Gasteiger charge is 2.29. The lowest BCUT2D eigenvalue weighted by Crippen LogP contribution is -2.46. The van der Waals surface area contributed by atoms with Gasteiger partial charge in [0.1, 0.15) is 5.54 Å². The van der Waals surface area contributed by atoms with E-state index in [-0.39, 0.29) is 12.1 Å². The third kappa shape index (κ3) is 4.88.